The van der Waals surface area contributed by atoms with Crippen molar-refractivity contribution in [3.05, 3.63) is 150 Å². The summed E-state index contributed by atoms with van der Waals surface area (Å²) in [5.41, 5.74) is 15.1. The van der Waals surface area contributed by atoms with Gasteiger partial charge in [0, 0.05) is 91.2 Å². The number of hydrogen-bond donors (Lipinski definition) is 17. The number of amides is 11. The van der Waals surface area contributed by atoms with E-state index < -0.39 is 127 Å². The minimum absolute atomic E-state index is 0.0609. The van der Waals surface area contributed by atoms with Crippen LogP contribution in [-0.2, 0) is 84.8 Å². The standard InChI is InChI=1S/C67H80N16O14/c68-24-6-5-12-48(59(89)78-51(28-39-31-71-46-10-3-1-8-44(39)46)62(92)81-54(27-38-16-20-43(86)21-17-38)67(97)83-25-7-13-56(83)66(96)73-34-57(69)87)76-61(91)50(26-37-14-18-42(85)19-15-37)77-65(95)55(35-84)82-63(93)52(29-40-32-72-47-11-4-2-9-45(40)47)79-64(94)53(30-41-33-70-36-74-41)80-60(90)49-22-23-58(88)75-49/h1-4,8-11,14-21,31-33,36,48-56,71-72,84-86H,5-7,12-13,22-30,34-35,68H2,(H2,69,87)(H,70,74)(H,73,96)(H,75,88)(H,76,91)(H,77,95)(H,78,89)(H,79,94)(H,80,90)(H,81,92)(H,82,93)/t48-,49+,50+,51+,52+,53+,54+,55+,56+/m1/s1. The van der Waals surface area contributed by atoms with Crippen LogP contribution in [0.25, 0.3) is 21.8 Å². The molecule has 0 unspecified atom stereocenters. The van der Waals surface area contributed by atoms with Gasteiger partial charge in [0.1, 0.15) is 65.9 Å². The van der Waals surface area contributed by atoms with E-state index in [4.69, 9.17) is 11.5 Å². The second kappa shape index (κ2) is 33.3. The average Bonchev–Trinajstić information content (AvgIpc) is 1.71. The van der Waals surface area contributed by atoms with Crippen LogP contribution in [0.1, 0.15) is 72.9 Å². The van der Waals surface area contributed by atoms with Gasteiger partial charge in [-0.2, -0.15) is 0 Å². The van der Waals surface area contributed by atoms with Crippen LogP contribution in [0, 0.1) is 0 Å². The summed E-state index contributed by atoms with van der Waals surface area (Å²) in [5, 5.41) is 56.6. The van der Waals surface area contributed by atoms with E-state index in [2.05, 4.69) is 67.8 Å². The Labute approximate surface area is 556 Å². The Bertz CT molecular complexity index is 3950. The Morgan fingerprint density at radius 3 is 1.58 bits per heavy atom. The number of fused-ring (bicyclic) bond motifs is 2. The molecular formula is C67H80N16O14. The first-order valence-corrected chi connectivity index (χ1v) is 32.0. The number of imidazole rings is 1. The second-order valence-electron chi connectivity index (χ2n) is 24.1. The third-order valence-electron chi connectivity index (χ3n) is 17.1. The lowest BCUT2D eigenvalue weighted by atomic mass is 10.00. The smallest absolute Gasteiger partial charge is 0.246 e. The predicted molar refractivity (Wildman–Crippen MR) is 352 cm³/mol. The van der Waals surface area contributed by atoms with Crippen molar-refractivity contribution in [3.63, 3.8) is 0 Å². The Balaban J connectivity index is 0.969. The summed E-state index contributed by atoms with van der Waals surface area (Å²) in [6.45, 7) is -1.20. The van der Waals surface area contributed by atoms with Gasteiger partial charge >= 0.3 is 0 Å². The number of carbonyl (C=O) groups excluding carboxylic acids is 11. The summed E-state index contributed by atoms with van der Waals surface area (Å²) in [6.07, 6.45) is 6.73. The Hall–Kier alpha value is -11.1. The van der Waals surface area contributed by atoms with Gasteiger partial charge in [0.05, 0.1) is 19.5 Å². The number of aliphatic hydroxyl groups is 1. The number of benzene rings is 4. The molecule has 2 fully saturated rings. The van der Waals surface area contributed by atoms with Crippen LogP contribution < -0.4 is 59.3 Å². The number of hydrogen-bond acceptors (Lipinski definition) is 16. The van der Waals surface area contributed by atoms with Gasteiger partial charge in [0.2, 0.25) is 65.0 Å². The van der Waals surface area contributed by atoms with Crippen molar-refractivity contribution in [1.82, 2.24) is 72.7 Å². The molecule has 30 heteroatoms. The van der Waals surface area contributed by atoms with Crippen molar-refractivity contribution in [3.8, 4) is 11.5 Å². The lowest BCUT2D eigenvalue weighted by molar-refractivity contribution is -0.142. The molecule has 0 radical (unpaired) electrons. The number of phenolic OH excluding ortho intramolecular Hbond substituents is 2. The van der Waals surface area contributed by atoms with Gasteiger partial charge in [-0.05, 0) is 104 Å². The minimum atomic E-state index is -1.80. The van der Waals surface area contributed by atoms with Crippen LogP contribution in [0.4, 0.5) is 0 Å². The molecule has 4 aromatic carbocycles. The van der Waals surface area contributed by atoms with Gasteiger partial charge in [0.15, 0.2) is 0 Å². The SMILES string of the molecule is NCCCC[C@@H](NC(=O)[C@H](Cc1ccc(O)cc1)NC(=O)[C@H](CO)NC(=O)[C@H](Cc1c[nH]c2ccccc12)NC(=O)[C@H](Cc1cnc[nH]1)NC(=O)[C@@H]1CCC(=O)N1)C(=O)N[C@@H](Cc1c[nH]c2ccccc12)C(=O)N[C@@H](Cc1ccc(O)cc1)C(=O)N1CCC[C@H]1C(=O)NCC(N)=O. The fourth-order valence-electron chi connectivity index (χ4n) is 11.9. The molecule has 2 aliphatic rings. The molecule has 2 saturated heterocycles. The Morgan fingerprint density at radius 2 is 1.06 bits per heavy atom. The number of unbranched alkanes of at least 4 members (excludes halogenated alkanes) is 1. The number of nitrogens with zero attached hydrogens (tertiary/aromatic N) is 2. The molecule has 11 amide bonds. The van der Waals surface area contributed by atoms with Gasteiger partial charge < -0.3 is 94.5 Å². The third kappa shape index (κ3) is 19.1. The number of nitrogens with one attached hydrogen (secondary N) is 12. The summed E-state index contributed by atoms with van der Waals surface area (Å²) in [5.74, 6) is -8.79. The van der Waals surface area contributed by atoms with Gasteiger partial charge in [-0.3, -0.25) is 52.7 Å². The third-order valence-corrected chi connectivity index (χ3v) is 17.1. The van der Waals surface area contributed by atoms with E-state index in [9.17, 15) is 58.5 Å². The van der Waals surface area contributed by atoms with Crippen LogP contribution >= 0.6 is 0 Å². The maximum Gasteiger partial charge on any atom is 0.246 e. The van der Waals surface area contributed by atoms with E-state index in [1.54, 1.807) is 60.9 Å². The van der Waals surface area contributed by atoms with E-state index in [1.165, 1.54) is 53.8 Å². The predicted octanol–water partition coefficient (Wildman–Crippen LogP) is -1.32. The number of aromatic hydroxyl groups is 2. The number of phenols is 2. The fourth-order valence-corrected chi connectivity index (χ4v) is 11.9. The first-order valence-electron chi connectivity index (χ1n) is 32.0. The first-order chi connectivity index (χ1) is 46.7. The fraction of sp³-hybridized carbons (Fsp3) is 0.373. The molecule has 2 aliphatic heterocycles. The highest BCUT2D eigenvalue weighted by atomic mass is 16.3. The van der Waals surface area contributed by atoms with Crippen molar-refractivity contribution in [1.29, 1.82) is 0 Å². The zero-order valence-corrected chi connectivity index (χ0v) is 52.9. The number of H-pyrrole nitrogens is 3. The number of para-hydroxylation sites is 2. The maximum atomic E-state index is 15.1. The highest BCUT2D eigenvalue weighted by Gasteiger charge is 2.40. The molecule has 0 bridgehead atoms. The van der Waals surface area contributed by atoms with Crippen molar-refractivity contribution >= 4 is 86.8 Å². The van der Waals surface area contributed by atoms with Gasteiger partial charge in [-0.25, -0.2) is 4.98 Å². The molecule has 9 rings (SSSR count). The number of rotatable bonds is 33. The molecule has 5 heterocycles. The van der Waals surface area contributed by atoms with Crippen LogP contribution in [0.2, 0.25) is 0 Å². The maximum absolute atomic E-state index is 15.1. The Kier molecular flexibility index (Phi) is 24.1. The molecule has 7 aromatic rings. The van der Waals surface area contributed by atoms with E-state index >= 15 is 9.59 Å². The largest absolute Gasteiger partial charge is 0.508 e. The van der Waals surface area contributed by atoms with E-state index in [1.807, 2.05) is 12.1 Å². The summed E-state index contributed by atoms with van der Waals surface area (Å²) < 4.78 is 0. The topological polar surface area (TPSA) is 472 Å². The number of aromatic amines is 3. The number of likely N-dealkylation sites (tertiary alicyclic amines) is 1. The summed E-state index contributed by atoms with van der Waals surface area (Å²) in [7, 11) is 0. The van der Waals surface area contributed by atoms with E-state index in [0.29, 0.717) is 62.6 Å². The van der Waals surface area contributed by atoms with Gasteiger partial charge in [-0.15, -0.1) is 0 Å². The lowest BCUT2D eigenvalue weighted by Gasteiger charge is -2.30. The number of aromatic nitrogens is 4. The molecule has 0 saturated carbocycles. The van der Waals surface area contributed by atoms with Crippen molar-refractivity contribution in [2.24, 2.45) is 11.5 Å². The number of nitrogens with two attached hydrogens (primary N) is 2. The van der Waals surface area contributed by atoms with Crippen molar-refractivity contribution in [2.75, 3.05) is 26.2 Å². The van der Waals surface area contributed by atoms with Crippen LogP contribution in [0.15, 0.2) is 122 Å². The van der Waals surface area contributed by atoms with Crippen molar-refractivity contribution < 1.29 is 68.1 Å². The van der Waals surface area contributed by atoms with Gasteiger partial charge in [-0.1, -0.05) is 60.7 Å². The van der Waals surface area contributed by atoms with Crippen molar-refractivity contribution in [2.45, 2.75) is 131 Å². The number of aliphatic hydroxyl groups excluding tert-OH is 1. The van der Waals surface area contributed by atoms with E-state index in [0.717, 1.165) is 0 Å². The summed E-state index contributed by atoms with van der Waals surface area (Å²) >= 11 is 0. The molecule has 19 N–H and O–H groups in total. The van der Waals surface area contributed by atoms with Crippen LogP contribution in [-0.4, -0.2) is 186 Å². The molecule has 512 valence electrons. The molecule has 97 heavy (non-hydrogen) atoms. The summed E-state index contributed by atoms with van der Waals surface area (Å²) in [4.78, 5) is 169. The molecule has 3 aromatic heterocycles. The van der Waals surface area contributed by atoms with Crippen LogP contribution in [0.5, 0.6) is 11.5 Å². The number of primary amides is 1. The van der Waals surface area contributed by atoms with E-state index in [-0.39, 0.29) is 94.7 Å². The first kappa shape index (κ1) is 70.2. The van der Waals surface area contributed by atoms with Gasteiger partial charge in [0.25, 0.3) is 0 Å². The highest BCUT2D eigenvalue weighted by Crippen LogP contribution is 2.24. The number of carbonyl (C=O) groups is 11. The normalized spacial score (nSPS) is 16.5. The second-order valence-corrected chi connectivity index (χ2v) is 24.1. The molecule has 0 aliphatic carbocycles. The molecular weight excluding hydrogens is 1250 g/mol. The zero-order chi connectivity index (χ0) is 69.1. The Morgan fingerprint density at radius 1 is 0.567 bits per heavy atom. The highest BCUT2D eigenvalue weighted by molar-refractivity contribution is 6.00. The monoisotopic (exact) mass is 1330 g/mol. The molecule has 9 atom stereocenters. The quantitative estimate of drug-likeness (QED) is 0.0212. The molecule has 30 nitrogen and oxygen atoms in total. The average molecular weight is 1330 g/mol. The summed E-state index contributed by atoms with van der Waals surface area (Å²) in [6, 6.07) is 13.5. The van der Waals surface area contributed by atoms with Crippen LogP contribution in [0.3, 0.4) is 0 Å². The minimum Gasteiger partial charge on any atom is -0.508 e. The lowest BCUT2D eigenvalue weighted by Crippen LogP contribution is -2.61. The molecule has 0 spiro atoms. The zero-order valence-electron chi connectivity index (χ0n) is 52.9.